The van der Waals surface area contributed by atoms with Gasteiger partial charge in [0, 0.05) is 43.7 Å². The van der Waals surface area contributed by atoms with E-state index in [0.29, 0.717) is 6.54 Å². The minimum atomic E-state index is -3.17. The summed E-state index contributed by atoms with van der Waals surface area (Å²) < 4.78 is 24.0. The van der Waals surface area contributed by atoms with Crippen molar-refractivity contribution in [2.45, 2.75) is 19.9 Å². The average Bonchev–Trinajstić information content (AvgIpc) is 2.31. The van der Waals surface area contributed by atoms with Gasteiger partial charge >= 0.3 is 0 Å². The van der Waals surface area contributed by atoms with Gasteiger partial charge in [0.25, 0.3) is 11.5 Å². The molecule has 7 heteroatoms. The molecular weight excluding hydrogens is 280 g/mol. The Morgan fingerprint density at radius 3 is 2.50 bits per heavy atom. The highest BCUT2D eigenvalue weighted by Crippen LogP contribution is 2.08. The molecule has 0 radical (unpaired) electrons. The first-order valence-corrected chi connectivity index (χ1v) is 8.37. The molecule has 0 bridgehead atoms. The van der Waals surface area contributed by atoms with E-state index in [9.17, 15) is 18.0 Å². The minimum Gasteiger partial charge on any atom is -0.335 e. The molecule has 0 fully saturated rings. The summed E-state index contributed by atoms with van der Waals surface area (Å²) >= 11 is 0. The number of hydrogen-bond acceptors (Lipinski definition) is 4. The summed E-state index contributed by atoms with van der Waals surface area (Å²) in [5, 5.41) is 0. The lowest BCUT2D eigenvalue weighted by atomic mass is 10.2. The number of aromatic nitrogens is 1. The van der Waals surface area contributed by atoms with Crippen LogP contribution in [-0.2, 0) is 16.9 Å². The van der Waals surface area contributed by atoms with Gasteiger partial charge in [-0.15, -0.1) is 0 Å². The summed E-state index contributed by atoms with van der Waals surface area (Å²) in [6, 6.07) is 2.38. The smallest absolute Gasteiger partial charge is 0.254 e. The third-order valence-corrected chi connectivity index (χ3v) is 4.12. The fourth-order valence-corrected chi connectivity index (χ4v) is 3.09. The van der Waals surface area contributed by atoms with Crippen molar-refractivity contribution < 1.29 is 13.2 Å². The zero-order valence-electron chi connectivity index (χ0n) is 12.2. The number of amides is 1. The first-order valence-electron chi connectivity index (χ1n) is 6.31. The number of hydrogen-bond donors (Lipinski definition) is 0. The third kappa shape index (κ3) is 4.19. The predicted octanol–water partition coefficient (Wildman–Crippen LogP) is 0.281. The standard InChI is InChI=1S/C13H20N2O4S/c1-5-15(10(2)9-20(4,18)19)13(17)11-6-7-14(3)12(16)8-11/h6-8,10H,5,9H2,1-4H3/t10-/m1/s1. The zero-order valence-corrected chi connectivity index (χ0v) is 13.0. The highest BCUT2D eigenvalue weighted by atomic mass is 32.2. The van der Waals surface area contributed by atoms with Crippen molar-refractivity contribution in [1.82, 2.24) is 9.47 Å². The number of aryl methyl sites for hydroxylation is 1. The minimum absolute atomic E-state index is 0.0998. The number of carbonyl (C=O) groups is 1. The lowest BCUT2D eigenvalue weighted by Crippen LogP contribution is -2.42. The summed E-state index contributed by atoms with van der Waals surface area (Å²) in [5.74, 6) is -0.432. The van der Waals surface area contributed by atoms with Gasteiger partial charge < -0.3 is 9.47 Å². The Balaban J connectivity index is 3.02. The Morgan fingerprint density at radius 2 is 2.05 bits per heavy atom. The van der Waals surface area contributed by atoms with E-state index in [1.54, 1.807) is 27.0 Å². The van der Waals surface area contributed by atoms with Crippen LogP contribution < -0.4 is 5.56 Å². The molecule has 0 saturated carbocycles. The molecule has 6 nitrogen and oxygen atoms in total. The SMILES string of the molecule is CCN(C(=O)c1ccn(C)c(=O)c1)[C@H](C)CS(C)(=O)=O. The molecule has 0 aliphatic rings. The molecule has 20 heavy (non-hydrogen) atoms. The van der Waals surface area contributed by atoms with Gasteiger partial charge in [-0.3, -0.25) is 9.59 Å². The lowest BCUT2D eigenvalue weighted by molar-refractivity contribution is 0.0719. The van der Waals surface area contributed by atoms with Gasteiger partial charge in [0.05, 0.1) is 5.75 Å². The number of carbonyl (C=O) groups excluding carboxylic acids is 1. The van der Waals surface area contributed by atoms with Gasteiger partial charge in [-0.05, 0) is 19.9 Å². The quantitative estimate of drug-likeness (QED) is 0.782. The second-order valence-electron chi connectivity index (χ2n) is 4.90. The molecule has 1 aromatic heterocycles. The molecule has 1 amide bonds. The maximum absolute atomic E-state index is 12.3. The van der Waals surface area contributed by atoms with E-state index < -0.39 is 15.9 Å². The summed E-state index contributed by atoms with van der Waals surface area (Å²) in [6.45, 7) is 3.84. The van der Waals surface area contributed by atoms with Crippen molar-refractivity contribution in [2.24, 2.45) is 7.05 Å². The first-order chi connectivity index (χ1) is 9.15. The molecule has 1 atom stereocenters. The molecular formula is C13H20N2O4S. The van der Waals surface area contributed by atoms with Crippen LogP contribution in [0.2, 0.25) is 0 Å². The third-order valence-electron chi connectivity index (χ3n) is 3.03. The number of rotatable bonds is 5. The van der Waals surface area contributed by atoms with E-state index in [-0.39, 0.29) is 22.8 Å². The van der Waals surface area contributed by atoms with Crippen molar-refractivity contribution in [1.29, 1.82) is 0 Å². The molecule has 0 aliphatic carbocycles. The maximum atomic E-state index is 12.3. The Kier molecular flexibility index (Phi) is 5.10. The fourth-order valence-electron chi connectivity index (χ4n) is 2.03. The summed E-state index contributed by atoms with van der Waals surface area (Å²) in [7, 11) is -1.57. The Hall–Kier alpha value is -1.63. The molecule has 112 valence electrons. The highest BCUT2D eigenvalue weighted by molar-refractivity contribution is 7.90. The van der Waals surface area contributed by atoms with Crippen molar-refractivity contribution in [2.75, 3.05) is 18.6 Å². The van der Waals surface area contributed by atoms with Gasteiger partial charge in [0.15, 0.2) is 0 Å². The van der Waals surface area contributed by atoms with Crippen LogP contribution in [0.4, 0.5) is 0 Å². The average molecular weight is 300 g/mol. The lowest BCUT2D eigenvalue weighted by Gasteiger charge is -2.27. The second-order valence-corrected chi connectivity index (χ2v) is 7.08. The first kappa shape index (κ1) is 16.4. The number of pyridine rings is 1. The van der Waals surface area contributed by atoms with Crippen molar-refractivity contribution in [3.05, 3.63) is 34.2 Å². The van der Waals surface area contributed by atoms with Crippen LogP contribution in [0.15, 0.2) is 23.1 Å². The van der Waals surface area contributed by atoms with Crippen LogP contribution in [0.5, 0.6) is 0 Å². The van der Waals surface area contributed by atoms with Crippen LogP contribution in [-0.4, -0.2) is 48.4 Å². The van der Waals surface area contributed by atoms with Gasteiger partial charge in [-0.25, -0.2) is 8.42 Å². The molecule has 0 unspecified atom stereocenters. The highest BCUT2D eigenvalue weighted by Gasteiger charge is 2.23. The van der Waals surface area contributed by atoms with Gasteiger partial charge in [-0.1, -0.05) is 0 Å². The monoisotopic (exact) mass is 300 g/mol. The van der Waals surface area contributed by atoms with Crippen LogP contribution in [0.25, 0.3) is 0 Å². The summed E-state index contributed by atoms with van der Waals surface area (Å²) in [5.41, 5.74) is -0.00188. The van der Waals surface area contributed by atoms with Gasteiger partial charge in [0.2, 0.25) is 0 Å². The Labute approximate surface area is 118 Å². The van der Waals surface area contributed by atoms with Gasteiger partial charge in [-0.2, -0.15) is 0 Å². The van der Waals surface area contributed by atoms with E-state index in [0.717, 1.165) is 6.26 Å². The van der Waals surface area contributed by atoms with Crippen LogP contribution in [0.3, 0.4) is 0 Å². The van der Waals surface area contributed by atoms with E-state index in [2.05, 4.69) is 0 Å². The van der Waals surface area contributed by atoms with Crippen LogP contribution in [0.1, 0.15) is 24.2 Å². The van der Waals surface area contributed by atoms with Crippen LogP contribution in [0, 0.1) is 0 Å². The molecule has 0 N–H and O–H groups in total. The van der Waals surface area contributed by atoms with Crippen molar-refractivity contribution in [3.63, 3.8) is 0 Å². The molecule has 0 spiro atoms. The fraction of sp³-hybridized carbons (Fsp3) is 0.538. The van der Waals surface area contributed by atoms with Crippen LogP contribution >= 0.6 is 0 Å². The summed E-state index contributed by atoms with van der Waals surface area (Å²) in [6.07, 6.45) is 2.66. The summed E-state index contributed by atoms with van der Waals surface area (Å²) in [4.78, 5) is 25.4. The van der Waals surface area contributed by atoms with E-state index >= 15 is 0 Å². The van der Waals surface area contributed by atoms with Gasteiger partial charge in [0.1, 0.15) is 9.84 Å². The molecule has 0 aliphatic heterocycles. The van der Waals surface area contributed by atoms with Crippen molar-refractivity contribution in [3.8, 4) is 0 Å². The van der Waals surface area contributed by atoms with E-state index in [1.807, 2.05) is 0 Å². The largest absolute Gasteiger partial charge is 0.335 e. The number of nitrogens with zero attached hydrogens (tertiary/aromatic N) is 2. The normalized spacial score (nSPS) is 13.0. The van der Waals surface area contributed by atoms with E-state index in [1.165, 1.54) is 21.7 Å². The molecule has 0 aromatic carbocycles. The number of sulfone groups is 1. The topological polar surface area (TPSA) is 76.5 Å². The second kappa shape index (κ2) is 6.21. The molecule has 1 heterocycles. The Bertz CT molecular complexity index is 649. The maximum Gasteiger partial charge on any atom is 0.254 e. The molecule has 1 rings (SSSR count). The van der Waals surface area contributed by atoms with Crippen molar-refractivity contribution >= 4 is 15.7 Å². The molecule has 1 aromatic rings. The Morgan fingerprint density at radius 1 is 1.45 bits per heavy atom. The van der Waals surface area contributed by atoms with E-state index in [4.69, 9.17) is 0 Å². The molecule has 0 saturated heterocycles. The predicted molar refractivity (Wildman–Crippen MR) is 77.6 cm³/mol. The zero-order chi connectivity index (χ0) is 15.5.